The normalized spacial score (nSPS) is 14.3. The molecule has 0 saturated heterocycles. The van der Waals surface area contributed by atoms with E-state index in [1.165, 1.54) is 24.8 Å². The standard InChI is InChI=1S/C19H28O/c1-3-4-5-6-10-14-19(2,15-11-16-20)17-18-12-8-7-9-13-18/h7-10,12-14,16H,3-6,11,15,17H2,1-2H3/b14-10+/t19-/m0/s1. The van der Waals surface area contributed by atoms with Crippen molar-refractivity contribution in [3.8, 4) is 0 Å². The van der Waals surface area contributed by atoms with Crippen LogP contribution in [0.15, 0.2) is 42.5 Å². The largest absolute Gasteiger partial charge is 0.303 e. The topological polar surface area (TPSA) is 17.1 Å². The van der Waals surface area contributed by atoms with Gasteiger partial charge in [-0.15, -0.1) is 0 Å². The fraction of sp³-hybridized carbons (Fsp3) is 0.526. The minimum atomic E-state index is 0.0917. The highest BCUT2D eigenvalue weighted by Crippen LogP contribution is 2.30. The summed E-state index contributed by atoms with van der Waals surface area (Å²) in [5, 5.41) is 0. The molecule has 1 rings (SSSR count). The molecule has 0 N–H and O–H groups in total. The average molecular weight is 272 g/mol. The highest BCUT2D eigenvalue weighted by molar-refractivity contribution is 5.49. The van der Waals surface area contributed by atoms with E-state index in [4.69, 9.17) is 0 Å². The third-order valence-corrected chi connectivity index (χ3v) is 3.78. The van der Waals surface area contributed by atoms with Crippen molar-refractivity contribution in [2.24, 2.45) is 5.41 Å². The molecule has 0 spiro atoms. The molecule has 0 unspecified atom stereocenters. The quantitative estimate of drug-likeness (QED) is 0.319. The van der Waals surface area contributed by atoms with Crippen LogP contribution < -0.4 is 0 Å². The molecule has 0 fully saturated rings. The molecule has 0 aromatic heterocycles. The number of unbranched alkanes of at least 4 members (excludes halogenated alkanes) is 3. The lowest BCUT2D eigenvalue weighted by Crippen LogP contribution is -2.17. The zero-order valence-electron chi connectivity index (χ0n) is 13.0. The van der Waals surface area contributed by atoms with Crippen LogP contribution in [-0.2, 0) is 11.2 Å². The fourth-order valence-corrected chi connectivity index (χ4v) is 2.56. The maximum absolute atomic E-state index is 10.7. The van der Waals surface area contributed by atoms with Gasteiger partial charge in [0.05, 0.1) is 0 Å². The summed E-state index contributed by atoms with van der Waals surface area (Å²) in [7, 11) is 0. The highest BCUT2D eigenvalue weighted by atomic mass is 16.1. The van der Waals surface area contributed by atoms with Gasteiger partial charge in [0.2, 0.25) is 0 Å². The van der Waals surface area contributed by atoms with Crippen LogP contribution in [0.25, 0.3) is 0 Å². The molecule has 0 bridgehead atoms. The number of carbonyl (C=O) groups is 1. The van der Waals surface area contributed by atoms with Crippen molar-refractivity contribution < 1.29 is 4.79 Å². The molecule has 1 heteroatoms. The number of hydrogen-bond donors (Lipinski definition) is 0. The van der Waals surface area contributed by atoms with E-state index < -0.39 is 0 Å². The third kappa shape index (κ3) is 6.70. The number of hydrogen-bond acceptors (Lipinski definition) is 1. The van der Waals surface area contributed by atoms with Gasteiger partial charge in [0, 0.05) is 6.42 Å². The van der Waals surface area contributed by atoms with Crippen molar-refractivity contribution in [1.29, 1.82) is 0 Å². The van der Waals surface area contributed by atoms with Crippen molar-refractivity contribution >= 4 is 6.29 Å². The van der Waals surface area contributed by atoms with Crippen LogP contribution in [0.2, 0.25) is 0 Å². The Morgan fingerprint density at radius 3 is 2.50 bits per heavy atom. The van der Waals surface area contributed by atoms with Gasteiger partial charge in [-0.3, -0.25) is 0 Å². The van der Waals surface area contributed by atoms with Gasteiger partial charge < -0.3 is 4.79 Å². The number of aldehydes is 1. The Morgan fingerprint density at radius 2 is 1.85 bits per heavy atom. The molecule has 0 saturated carbocycles. The van der Waals surface area contributed by atoms with E-state index >= 15 is 0 Å². The summed E-state index contributed by atoms with van der Waals surface area (Å²) >= 11 is 0. The summed E-state index contributed by atoms with van der Waals surface area (Å²) in [6, 6.07) is 10.6. The molecule has 0 amide bonds. The first-order valence-electron chi connectivity index (χ1n) is 7.85. The van der Waals surface area contributed by atoms with Gasteiger partial charge >= 0.3 is 0 Å². The number of rotatable bonds is 10. The third-order valence-electron chi connectivity index (χ3n) is 3.78. The molecule has 1 aromatic rings. The molecule has 110 valence electrons. The van der Waals surface area contributed by atoms with Gasteiger partial charge in [-0.05, 0) is 36.7 Å². The molecule has 20 heavy (non-hydrogen) atoms. The Bertz CT molecular complexity index is 393. The number of carbonyl (C=O) groups excluding carboxylic acids is 1. The van der Waals surface area contributed by atoms with Crippen LogP contribution in [-0.4, -0.2) is 6.29 Å². The van der Waals surface area contributed by atoms with E-state index in [1.807, 2.05) is 6.07 Å². The minimum absolute atomic E-state index is 0.0917. The van der Waals surface area contributed by atoms with Gasteiger partial charge in [0.1, 0.15) is 6.29 Å². The van der Waals surface area contributed by atoms with E-state index in [2.05, 4.69) is 50.3 Å². The first-order valence-corrected chi connectivity index (χ1v) is 7.85. The van der Waals surface area contributed by atoms with Gasteiger partial charge in [0.15, 0.2) is 0 Å². The summed E-state index contributed by atoms with van der Waals surface area (Å²) in [4.78, 5) is 10.7. The number of allylic oxidation sites excluding steroid dienone is 2. The van der Waals surface area contributed by atoms with Gasteiger partial charge in [-0.1, -0.05) is 69.2 Å². The molecule has 1 nitrogen and oxygen atoms in total. The molecule has 1 aromatic carbocycles. The van der Waals surface area contributed by atoms with E-state index in [9.17, 15) is 4.79 Å². The zero-order valence-corrected chi connectivity index (χ0v) is 13.0. The molecule has 0 aliphatic rings. The Morgan fingerprint density at radius 1 is 1.10 bits per heavy atom. The molecular weight excluding hydrogens is 244 g/mol. The van der Waals surface area contributed by atoms with Gasteiger partial charge in [-0.25, -0.2) is 0 Å². The lowest BCUT2D eigenvalue weighted by Gasteiger charge is -2.25. The monoisotopic (exact) mass is 272 g/mol. The Labute approximate surface area is 124 Å². The van der Waals surface area contributed by atoms with E-state index in [1.54, 1.807) is 0 Å². The van der Waals surface area contributed by atoms with Crippen LogP contribution >= 0.6 is 0 Å². The second kappa shape index (κ2) is 9.52. The molecule has 0 radical (unpaired) electrons. The van der Waals surface area contributed by atoms with Crippen molar-refractivity contribution in [2.45, 2.75) is 58.8 Å². The van der Waals surface area contributed by atoms with E-state index in [0.29, 0.717) is 6.42 Å². The smallest absolute Gasteiger partial charge is 0.120 e. The van der Waals surface area contributed by atoms with Crippen molar-refractivity contribution in [2.75, 3.05) is 0 Å². The molecule has 0 aliphatic carbocycles. The summed E-state index contributed by atoms with van der Waals surface area (Å²) < 4.78 is 0. The van der Waals surface area contributed by atoms with Crippen LogP contribution in [0.5, 0.6) is 0 Å². The van der Waals surface area contributed by atoms with Crippen LogP contribution in [0.1, 0.15) is 57.9 Å². The predicted molar refractivity (Wildman–Crippen MR) is 86.8 cm³/mol. The lowest BCUT2D eigenvalue weighted by atomic mass is 9.79. The Hall–Kier alpha value is -1.37. The summed E-state index contributed by atoms with van der Waals surface area (Å²) in [5.41, 5.74) is 1.44. The number of benzene rings is 1. The van der Waals surface area contributed by atoms with Crippen LogP contribution in [0.4, 0.5) is 0 Å². The van der Waals surface area contributed by atoms with E-state index in [-0.39, 0.29) is 5.41 Å². The lowest BCUT2D eigenvalue weighted by molar-refractivity contribution is -0.108. The van der Waals surface area contributed by atoms with Gasteiger partial charge in [0.25, 0.3) is 0 Å². The Kier molecular flexibility index (Phi) is 7.94. The van der Waals surface area contributed by atoms with Crippen molar-refractivity contribution in [1.82, 2.24) is 0 Å². The molecule has 0 aliphatic heterocycles. The molecular formula is C19H28O. The second-order valence-corrected chi connectivity index (χ2v) is 5.92. The SMILES string of the molecule is CCCCC/C=C/[C@@](C)(CCC=O)Cc1ccccc1. The predicted octanol–water partition coefficient (Wildman–Crippen LogP) is 5.35. The maximum Gasteiger partial charge on any atom is 0.120 e. The van der Waals surface area contributed by atoms with Gasteiger partial charge in [-0.2, -0.15) is 0 Å². The zero-order chi connectivity index (χ0) is 14.7. The Balaban J connectivity index is 2.62. The fourth-order valence-electron chi connectivity index (χ4n) is 2.56. The van der Waals surface area contributed by atoms with Crippen molar-refractivity contribution in [3.63, 3.8) is 0 Å². The van der Waals surface area contributed by atoms with Crippen molar-refractivity contribution in [3.05, 3.63) is 48.0 Å². The average Bonchev–Trinajstić information content (AvgIpc) is 2.46. The summed E-state index contributed by atoms with van der Waals surface area (Å²) in [6.45, 7) is 4.49. The first kappa shape index (κ1) is 16.7. The minimum Gasteiger partial charge on any atom is -0.303 e. The van der Waals surface area contributed by atoms with E-state index in [0.717, 1.165) is 25.5 Å². The highest BCUT2D eigenvalue weighted by Gasteiger charge is 2.20. The van der Waals surface area contributed by atoms with Crippen LogP contribution in [0, 0.1) is 5.41 Å². The summed E-state index contributed by atoms with van der Waals surface area (Å²) in [6.07, 6.45) is 13.2. The molecule has 1 atom stereocenters. The molecule has 0 heterocycles. The maximum atomic E-state index is 10.7. The van der Waals surface area contributed by atoms with Crippen LogP contribution in [0.3, 0.4) is 0 Å². The second-order valence-electron chi connectivity index (χ2n) is 5.92. The first-order chi connectivity index (χ1) is 9.70. The summed E-state index contributed by atoms with van der Waals surface area (Å²) in [5.74, 6) is 0.